The van der Waals surface area contributed by atoms with E-state index >= 15 is 0 Å². The van der Waals surface area contributed by atoms with Gasteiger partial charge in [-0.3, -0.25) is 0 Å². The third-order valence-corrected chi connectivity index (χ3v) is 1.60. The zero-order valence-corrected chi connectivity index (χ0v) is 6.57. The third kappa shape index (κ3) is 2.14. The largest absolute Gasteiger partial charge is 0.466 e. The SMILES string of the molecule is CC1(COC(F)=C(F)F)COC1. The summed E-state index contributed by atoms with van der Waals surface area (Å²) >= 11 is 0. The first-order valence-electron chi connectivity index (χ1n) is 3.45. The molecule has 0 aromatic carbocycles. The van der Waals surface area contributed by atoms with Crippen molar-refractivity contribution in [1.29, 1.82) is 0 Å². The minimum Gasteiger partial charge on any atom is -0.466 e. The topological polar surface area (TPSA) is 18.5 Å². The molecule has 0 amide bonds. The van der Waals surface area contributed by atoms with Crippen LogP contribution in [-0.4, -0.2) is 19.8 Å². The molecule has 0 aromatic heterocycles. The van der Waals surface area contributed by atoms with Crippen LogP contribution < -0.4 is 0 Å². The van der Waals surface area contributed by atoms with E-state index in [1.165, 1.54) is 0 Å². The number of ether oxygens (including phenoxy) is 2. The molecular formula is C7H9F3O2. The highest BCUT2D eigenvalue weighted by molar-refractivity contribution is 4.85. The second-order valence-corrected chi connectivity index (χ2v) is 3.13. The Morgan fingerprint density at radius 3 is 2.33 bits per heavy atom. The summed E-state index contributed by atoms with van der Waals surface area (Å²) in [6.45, 7) is 2.55. The predicted octanol–water partition coefficient (Wildman–Crippen LogP) is 2.07. The van der Waals surface area contributed by atoms with Crippen LogP contribution in [-0.2, 0) is 9.47 Å². The molecule has 1 aliphatic rings. The quantitative estimate of drug-likeness (QED) is 0.622. The first-order valence-corrected chi connectivity index (χ1v) is 3.45. The molecule has 12 heavy (non-hydrogen) atoms. The summed E-state index contributed by atoms with van der Waals surface area (Å²) in [5.41, 5.74) is -0.313. The average Bonchev–Trinajstić information content (AvgIpc) is 1.96. The Bertz CT molecular complexity index is 195. The number of hydrogen-bond acceptors (Lipinski definition) is 2. The maximum Gasteiger partial charge on any atom is 0.342 e. The molecule has 0 aromatic rings. The zero-order valence-electron chi connectivity index (χ0n) is 6.57. The first kappa shape index (κ1) is 9.38. The van der Waals surface area contributed by atoms with Gasteiger partial charge < -0.3 is 9.47 Å². The Labute approximate surface area is 68.0 Å². The zero-order chi connectivity index (χ0) is 9.19. The summed E-state index contributed by atoms with van der Waals surface area (Å²) in [6, 6.07) is -1.79. The molecule has 0 radical (unpaired) electrons. The van der Waals surface area contributed by atoms with Crippen LogP contribution in [0.15, 0.2) is 12.1 Å². The van der Waals surface area contributed by atoms with Gasteiger partial charge >= 0.3 is 12.1 Å². The van der Waals surface area contributed by atoms with E-state index in [4.69, 9.17) is 4.74 Å². The Morgan fingerprint density at radius 1 is 1.42 bits per heavy atom. The van der Waals surface area contributed by atoms with Gasteiger partial charge in [-0.05, 0) is 0 Å². The van der Waals surface area contributed by atoms with Gasteiger partial charge in [0.05, 0.1) is 13.2 Å². The van der Waals surface area contributed by atoms with Gasteiger partial charge in [-0.25, -0.2) is 0 Å². The van der Waals surface area contributed by atoms with Gasteiger partial charge in [0.15, 0.2) is 0 Å². The van der Waals surface area contributed by atoms with Crippen molar-refractivity contribution in [1.82, 2.24) is 0 Å². The molecule has 0 aliphatic carbocycles. The second kappa shape index (κ2) is 3.35. The maximum atomic E-state index is 12.1. The van der Waals surface area contributed by atoms with E-state index in [1.807, 2.05) is 0 Å². The summed E-state index contributed by atoms with van der Waals surface area (Å²) in [5, 5.41) is 0. The number of halogens is 3. The van der Waals surface area contributed by atoms with Gasteiger partial charge in [0.1, 0.15) is 6.61 Å². The van der Waals surface area contributed by atoms with Crippen molar-refractivity contribution in [3.05, 3.63) is 12.1 Å². The monoisotopic (exact) mass is 182 g/mol. The van der Waals surface area contributed by atoms with Crippen LogP contribution in [0.2, 0.25) is 0 Å². The number of hydrogen-bond donors (Lipinski definition) is 0. The highest BCUT2D eigenvalue weighted by atomic mass is 19.3. The standard InChI is InChI=1S/C7H9F3O2/c1-7(2-11-3-7)4-12-6(10)5(8)9/h2-4H2,1H3. The van der Waals surface area contributed by atoms with E-state index in [1.54, 1.807) is 6.92 Å². The molecule has 0 N–H and O–H groups in total. The summed E-state index contributed by atoms with van der Waals surface area (Å²) in [4.78, 5) is 0. The average molecular weight is 182 g/mol. The maximum absolute atomic E-state index is 12.1. The van der Waals surface area contributed by atoms with Gasteiger partial charge in [0.2, 0.25) is 0 Å². The lowest BCUT2D eigenvalue weighted by Crippen LogP contribution is -2.43. The van der Waals surface area contributed by atoms with Crippen molar-refractivity contribution in [2.45, 2.75) is 6.92 Å². The Kier molecular flexibility index (Phi) is 2.62. The smallest absolute Gasteiger partial charge is 0.342 e. The molecule has 1 aliphatic heterocycles. The minimum absolute atomic E-state index is 0.0732. The summed E-state index contributed by atoms with van der Waals surface area (Å²) in [7, 11) is 0. The molecule has 0 unspecified atom stereocenters. The fourth-order valence-electron chi connectivity index (χ4n) is 0.826. The molecule has 5 heteroatoms. The Hall–Kier alpha value is -0.710. The van der Waals surface area contributed by atoms with Gasteiger partial charge in [0.25, 0.3) is 0 Å². The highest BCUT2D eigenvalue weighted by Gasteiger charge is 2.34. The van der Waals surface area contributed by atoms with Crippen LogP contribution in [0.1, 0.15) is 6.92 Å². The van der Waals surface area contributed by atoms with Gasteiger partial charge in [-0.15, -0.1) is 0 Å². The lowest BCUT2D eigenvalue weighted by molar-refractivity contribution is -0.135. The van der Waals surface area contributed by atoms with Crippen molar-refractivity contribution < 1.29 is 22.6 Å². The predicted molar refractivity (Wildman–Crippen MR) is 35.2 cm³/mol. The Morgan fingerprint density at radius 2 is 2.00 bits per heavy atom. The molecule has 1 heterocycles. The van der Waals surface area contributed by atoms with Crippen molar-refractivity contribution >= 4 is 0 Å². The van der Waals surface area contributed by atoms with E-state index in [0.717, 1.165) is 0 Å². The van der Waals surface area contributed by atoms with Crippen LogP contribution in [0.25, 0.3) is 0 Å². The summed E-state index contributed by atoms with van der Waals surface area (Å²) < 4.78 is 44.0. The first-order chi connectivity index (χ1) is 5.53. The Balaban J connectivity index is 2.30. The molecule has 1 rings (SSSR count). The van der Waals surface area contributed by atoms with E-state index in [9.17, 15) is 13.2 Å². The van der Waals surface area contributed by atoms with Crippen LogP contribution in [0.3, 0.4) is 0 Å². The van der Waals surface area contributed by atoms with Crippen LogP contribution in [0.5, 0.6) is 0 Å². The lowest BCUT2D eigenvalue weighted by Gasteiger charge is -2.37. The lowest BCUT2D eigenvalue weighted by atomic mass is 9.90. The molecular weight excluding hydrogens is 173 g/mol. The molecule has 0 saturated carbocycles. The van der Waals surface area contributed by atoms with Gasteiger partial charge in [-0.1, -0.05) is 6.92 Å². The molecule has 1 fully saturated rings. The molecule has 70 valence electrons. The van der Waals surface area contributed by atoms with Gasteiger partial charge in [-0.2, -0.15) is 13.2 Å². The van der Waals surface area contributed by atoms with Crippen molar-refractivity contribution in [3.8, 4) is 0 Å². The van der Waals surface area contributed by atoms with E-state index in [2.05, 4.69) is 4.74 Å². The van der Waals surface area contributed by atoms with Crippen molar-refractivity contribution in [3.63, 3.8) is 0 Å². The second-order valence-electron chi connectivity index (χ2n) is 3.13. The van der Waals surface area contributed by atoms with Gasteiger partial charge in [0, 0.05) is 5.41 Å². The molecule has 0 bridgehead atoms. The van der Waals surface area contributed by atoms with E-state index < -0.39 is 12.1 Å². The third-order valence-electron chi connectivity index (χ3n) is 1.60. The minimum atomic E-state index is -2.42. The number of rotatable bonds is 3. The molecule has 1 saturated heterocycles. The molecule has 0 spiro atoms. The summed E-state index contributed by atoms with van der Waals surface area (Å²) in [6.07, 6.45) is -2.42. The molecule has 2 nitrogen and oxygen atoms in total. The normalized spacial score (nSPS) is 19.7. The van der Waals surface area contributed by atoms with Crippen molar-refractivity contribution in [2.24, 2.45) is 5.41 Å². The molecule has 0 atom stereocenters. The van der Waals surface area contributed by atoms with Crippen LogP contribution >= 0.6 is 0 Å². The van der Waals surface area contributed by atoms with Crippen molar-refractivity contribution in [2.75, 3.05) is 19.8 Å². The van der Waals surface area contributed by atoms with E-state index in [-0.39, 0.29) is 12.0 Å². The van der Waals surface area contributed by atoms with E-state index in [0.29, 0.717) is 13.2 Å². The van der Waals surface area contributed by atoms with Crippen LogP contribution in [0.4, 0.5) is 13.2 Å². The fraction of sp³-hybridized carbons (Fsp3) is 0.714. The summed E-state index contributed by atoms with van der Waals surface area (Å²) in [5.74, 6) is 0. The van der Waals surface area contributed by atoms with Crippen LogP contribution in [0, 0.1) is 5.41 Å². The fourth-order valence-corrected chi connectivity index (χ4v) is 0.826. The highest BCUT2D eigenvalue weighted by Crippen LogP contribution is 2.28.